The number of urea groups is 1. The van der Waals surface area contributed by atoms with Crippen LogP contribution in [-0.4, -0.2) is 29.3 Å². The second-order valence-corrected chi connectivity index (χ2v) is 6.13. The van der Waals surface area contributed by atoms with Crippen molar-refractivity contribution in [1.82, 2.24) is 10.2 Å². The van der Waals surface area contributed by atoms with Crippen LogP contribution in [0.1, 0.15) is 12.5 Å². The topological polar surface area (TPSA) is 78.5 Å². The molecule has 1 saturated heterocycles. The maximum absolute atomic E-state index is 13.2. The van der Waals surface area contributed by atoms with Gasteiger partial charge in [0.2, 0.25) is 5.91 Å². The molecule has 0 radical (unpaired) electrons. The summed E-state index contributed by atoms with van der Waals surface area (Å²) in [6.07, 6.45) is 0. The molecule has 2 N–H and O–H groups in total. The molecule has 0 aromatic heterocycles. The van der Waals surface area contributed by atoms with Crippen LogP contribution in [0.3, 0.4) is 0 Å². The van der Waals surface area contributed by atoms with Crippen LogP contribution in [0.25, 0.3) is 0 Å². The zero-order chi connectivity index (χ0) is 19.8. The smallest absolute Gasteiger partial charge is 0.324 e. The van der Waals surface area contributed by atoms with E-state index < -0.39 is 47.4 Å². The Kier molecular flexibility index (Phi) is 4.61. The summed E-state index contributed by atoms with van der Waals surface area (Å²) in [4.78, 5) is 37.6. The van der Waals surface area contributed by atoms with Gasteiger partial charge in [0.15, 0.2) is 11.6 Å². The largest absolute Gasteiger partial charge is 0.325 e. The van der Waals surface area contributed by atoms with E-state index in [9.17, 15) is 27.6 Å². The highest BCUT2D eigenvalue weighted by Gasteiger charge is 2.49. The van der Waals surface area contributed by atoms with E-state index in [0.29, 0.717) is 10.5 Å². The van der Waals surface area contributed by atoms with Crippen LogP contribution >= 0.6 is 0 Å². The van der Waals surface area contributed by atoms with E-state index in [2.05, 4.69) is 10.6 Å². The molecule has 3 rings (SSSR count). The van der Waals surface area contributed by atoms with E-state index in [1.54, 1.807) is 0 Å². The molecule has 1 atom stereocenters. The fraction of sp³-hybridized carbons (Fsp3) is 0.167. The summed E-state index contributed by atoms with van der Waals surface area (Å²) in [6.45, 7) is 0.814. The van der Waals surface area contributed by atoms with Crippen LogP contribution in [0.15, 0.2) is 42.5 Å². The molecule has 0 aliphatic carbocycles. The number of anilines is 1. The quantitative estimate of drug-likeness (QED) is 0.804. The molecule has 1 unspecified atom stereocenters. The van der Waals surface area contributed by atoms with Crippen LogP contribution in [-0.2, 0) is 15.1 Å². The summed E-state index contributed by atoms with van der Waals surface area (Å²) in [5, 5.41) is 4.76. The van der Waals surface area contributed by atoms with Crippen molar-refractivity contribution in [2.45, 2.75) is 12.5 Å². The molecule has 1 aliphatic rings. The Bertz CT molecular complexity index is 933. The minimum absolute atomic E-state index is 0.0211. The van der Waals surface area contributed by atoms with Gasteiger partial charge in [-0.05, 0) is 36.8 Å². The molecule has 2 aromatic carbocycles. The summed E-state index contributed by atoms with van der Waals surface area (Å²) >= 11 is 0. The van der Waals surface area contributed by atoms with E-state index in [1.165, 1.54) is 19.1 Å². The van der Waals surface area contributed by atoms with Crippen molar-refractivity contribution in [2.75, 3.05) is 11.9 Å². The van der Waals surface area contributed by atoms with Crippen molar-refractivity contribution in [3.63, 3.8) is 0 Å². The number of amides is 4. The molecule has 0 bridgehead atoms. The summed E-state index contributed by atoms with van der Waals surface area (Å²) in [5.74, 6) is -4.18. The first-order valence-corrected chi connectivity index (χ1v) is 7.86. The molecule has 1 heterocycles. The van der Waals surface area contributed by atoms with Crippen LogP contribution in [0.5, 0.6) is 0 Å². The molecule has 1 fully saturated rings. The Labute approximate surface area is 152 Å². The number of benzene rings is 2. The fourth-order valence-electron chi connectivity index (χ4n) is 2.74. The van der Waals surface area contributed by atoms with Crippen molar-refractivity contribution >= 4 is 23.5 Å². The Hall–Kier alpha value is -3.36. The molecular formula is C18H14F3N3O3. The van der Waals surface area contributed by atoms with Gasteiger partial charge in [0.05, 0.1) is 0 Å². The Morgan fingerprint density at radius 1 is 1.07 bits per heavy atom. The predicted molar refractivity (Wildman–Crippen MR) is 89.0 cm³/mol. The molecule has 0 spiro atoms. The van der Waals surface area contributed by atoms with E-state index in [1.807, 2.05) is 0 Å². The summed E-state index contributed by atoms with van der Waals surface area (Å²) in [7, 11) is 0. The number of hydrogen-bond donors (Lipinski definition) is 2. The number of rotatable bonds is 4. The Balaban J connectivity index is 1.74. The van der Waals surface area contributed by atoms with Crippen molar-refractivity contribution in [3.8, 4) is 0 Å². The molecule has 9 heteroatoms. The van der Waals surface area contributed by atoms with E-state index in [4.69, 9.17) is 0 Å². The van der Waals surface area contributed by atoms with Gasteiger partial charge in [-0.2, -0.15) is 0 Å². The molecular weight excluding hydrogens is 363 g/mol. The maximum atomic E-state index is 13.2. The number of nitrogens with one attached hydrogen (secondary N) is 2. The zero-order valence-electron chi connectivity index (χ0n) is 14.1. The van der Waals surface area contributed by atoms with Gasteiger partial charge in [-0.25, -0.2) is 18.0 Å². The molecule has 1 aliphatic heterocycles. The van der Waals surface area contributed by atoms with Crippen LogP contribution in [0, 0.1) is 17.5 Å². The number of hydrogen-bond acceptors (Lipinski definition) is 3. The first kappa shape index (κ1) is 18.4. The highest BCUT2D eigenvalue weighted by Crippen LogP contribution is 2.28. The third-order valence-electron chi connectivity index (χ3n) is 4.20. The highest BCUT2D eigenvalue weighted by atomic mass is 19.2. The van der Waals surface area contributed by atoms with E-state index in [-0.39, 0.29) is 5.69 Å². The number of imide groups is 1. The predicted octanol–water partition coefficient (Wildman–Crippen LogP) is 2.51. The number of nitrogens with zero attached hydrogens (tertiary/aromatic N) is 1. The Morgan fingerprint density at radius 2 is 1.74 bits per heavy atom. The fourth-order valence-corrected chi connectivity index (χ4v) is 2.74. The molecule has 2 aromatic rings. The van der Waals surface area contributed by atoms with E-state index >= 15 is 0 Å². The third-order valence-corrected chi connectivity index (χ3v) is 4.20. The average Bonchev–Trinajstić information content (AvgIpc) is 2.83. The normalized spacial score (nSPS) is 19.2. The van der Waals surface area contributed by atoms with Crippen molar-refractivity contribution < 1.29 is 27.6 Å². The van der Waals surface area contributed by atoms with Crippen LogP contribution in [0.2, 0.25) is 0 Å². The third kappa shape index (κ3) is 3.48. The minimum atomic E-state index is -1.45. The molecule has 4 amide bonds. The summed E-state index contributed by atoms with van der Waals surface area (Å²) in [6, 6.07) is 6.98. The lowest BCUT2D eigenvalue weighted by Gasteiger charge is -2.22. The van der Waals surface area contributed by atoms with Crippen LogP contribution in [0.4, 0.5) is 23.7 Å². The molecule has 6 nitrogen and oxygen atoms in total. The van der Waals surface area contributed by atoms with Gasteiger partial charge in [-0.15, -0.1) is 0 Å². The summed E-state index contributed by atoms with van der Waals surface area (Å²) < 4.78 is 39.2. The minimum Gasteiger partial charge on any atom is -0.324 e. The lowest BCUT2D eigenvalue weighted by molar-refractivity contribution is -0.133. The number of carbonyl (C=O) groups excluding carboxylic acids is 3. The van der Waals surface area contributed by atoms with Gasteiger partial charge in [0.25, 0.3) is 5.91 Å². The second-order valence-electron chi connectivity index (χ2n) is 6.13. The average molecular weight is 377 g/mol. The first-order chi connectivity index (χ1) is 12.7. The van der Waals surface area contributed by atoms with Gasteiger partial charge in [0, 0.05) is 11.8 Å². The summed E-state index contributed by atoms with van der Waals surface area (Å²) in [5.41, 5.74) is -1.12. The van der Waals surface area contributed by atoms with Gasteiger partial charge >= 0.3 is 6.03 Å². The monoisotopic (exact) mass is 377 g/mol. The first-order valence-electron chi connectivity index (χ1n) is 7.86. The lowest BCUT2D eigenvalue weighted by atomic mass is 9.92. The molecule has 0 saturated carbocycles. The van der Waals surface area contributed by atoms with Gasteiger partial charge in [-0.3, -0.25) is 14.5 Å². The highest BCUT2D eigenvalue weighted by molar-refractivity contribution is 6.10. The Morgan fingerprint density at radius 3 is 2.37 bits per heavy atom. The lowest BCUT2D eigenvalue weighted by Crippen LogP contribution is -2.42. The van der Waals surface area contributed by atoms with Crippen LogP contribution < -0.4 is 10.6 Å². The van der Waals surface area contributed by atoms with Crippen molar-refractivity contribution in [3.05, 3.63) is 65.5 Å². The molecule has 27 heavy (non-hydrogen) atoms. The SMILES string of the molecule is CC1(c2ccc(F)cc2)NC(=O)N(CC(=O)Nc2ccc(F)c(F)c2)C1=O. The maximum Gasteiger partial charge on any atom is 0.325 e. The van der Waals surface area contributed by atoms with Gasteiger partial charge in [-0.1, -0.05) is 12.1 Å². The number of halogens is 3. The van der Waals surface area contributed by atoms with Crippen molar-refractivity contribution in [2.24, 2.45) is 0 Å². The molecule has 140 valence electrons. The van der Waals surface area contributed by atoms with Gasteiger partial charge in [0.1, 0.15) is 17.9 Å². The number of carbonyl (C=O) groups is 3. The zero-order valence-corrected chi connectivity index (χ0v) is 14.1. The second kappa shape index (κ2) is 6.75. The van der Waals surface area contributed by atoms with E-state index in [0.717, 1.165) is 30.3 Å². The standard InChI is InChI=1S/C18H14F3N3O3/c1-18(10-2-4-11(19)5-3-10)16(26)24(17(27)23-18)9-15(25)22-12-6-7-13(20)14(21)8-12/h2-8H,9H2,1H3,(H,22,25)(H,23,27). The van der Waals surface area contributed by atoms with Gasteiger partial charge < -0.3 is 10.6 Å². The van der Waals surface area contributed by atoms with Crippen molar-refractivity contribution in [1.29, 1.82) is 0 Å².